The van der Waals surface area contributed by atoms with Gasteiger partial charge in [-0.3, -0.25) is 9.36 Å². The maximum absolute atomic E-state index is 12.4. The summed E-state index contributed by atoms with van der Waals surface area (Å²) in [4.78, 5) is 22.2. The van der Waals surface area contributed by atoms with Crippen molar-refractivity contribution in [2.45, 2.75) is 149 Å². The van der Waals surface area contributed by atoms with Crippen LogP contribution in [0, 0.1) is 5.92 Å². The number of ketones is 1. The number of carbonyl (C=O) groups excluding carboxylic acids is 1. The van der Waals surface area contributed by atoms with Gasteiger partial charge in [0.2, 0.25) is 0 Å². The summed E-state index contributed by atoms with van der Waals surface area (Å²) in [5, 5.41) is 0. The number of hydrogen-bond donors (Lipinski definition) is 1. The average Bonchev–Trinajstić information content (AvgIpc) is 2.83. The Morgan fingerprint density at radius 1 is 0.730 bits per heavy atom. The average molecular weight is 547 g/mol. The van der Waals surface area contributed by atoms with Gasteiger partial charge >= 0.3 is 7.60 Å². The first-order valence-electron chi connectivity index (χ1n) is 15.9. The highest BCUT2D eigenvalue weighted by Crippen LogP contribution is 2.43. The van der Waals surface area contributed by atoms with Crippen molar-refractivity contribution in [2.24, 2.45) is 5.92 Å². The van der Waals surface area contributed by atoms with Gasteiger partial charge in [-0.15, -0.1) is 0 Å². The number of unbranched alkanes of at least 4 members (excludes halogenated alkanes) is 16. The SMILES string of the molecule is CCCCCCCCCCCCCCCCCCCC(COP(=O)(O)CCC[N+](C)(C)C)CC(=O)CC. The molecule has 2 unspecified atom stereocenters. The van der Waals surface area contributed by atoms with Gasteiger partial charge in [-0.25, -0.2) is 0 Å². The molecular weight excluding hydrogens is 481 g/mol. The van der Waals surface area contributed by atoms with Crippen LogP contribution in [-0.4, -0.2) is 55.6 Å². The molecule has 0 amide bonds. The summed E-state index contributed by atoms with van der Waals surface area (Å²) in [5.41, 5.74) is 0. The summed E-state index contributed by atoms with van der Waals surface area (Å²) in [5.74, 6) is 0.279. The third kappa shape index (κ3) is 27.1. The fourth-order valence-electron chi connectivity index (χ4n) is 4.90. The van der Waals surface area contributed by atoms with Crippen LogP contribution in [0.2, 0.25) is 0 Å². The molecule has 0 aromatic carbocycles. The lowest BCUT2D eigenvalue weighted by Gasteiger charge is -2.24. The standard InChI is InChI=1S/C31H64NO4P/c1-6-8-9-10-11-12-13-14-15-16-17-18-19-20-21-22-23-25-30(28-31(33)7-2)29-36-37(34,35)27-24-26-32(3,4)5/h30H,6-29H2,1-5H3/p+1. The van der Waals surface area contributed by atoms with Gasteiger partial charge in [0.05, 0.1) is 40.5 Å². The first-order valence-corrected chi connectivity index (χ1v) is 17.6. The van der Waals surface area contributed by atoms with E-state index in [1.165, 1.54) is 103 Å². The first-order chi connectivity index (χ1) is 17.6. The Morgan fingerprint density at radius 2 is 1.16 bits per heavy atom. The van der Waals surface area contributed by atoms with Gasteiger partial charge in [0.25, 0.3) is 0 Å². The topological polar surface area (TPSA) is 63.6 Å². The Bertz CT molecular complexity index is 576. The number of carbonyl (C=O) groups is 1. The molecule has 222 valence electrons. The third-order valence-corrected chi connectivity index (χ3v) is 8.84. The molecule has 1 N–H and O–H groups in total. The maximum Gasteiger partial charge on any atom is 0.328 e. The third-order valence-electron chi connectivity index (χ3n) is 7.41. The molecule has 0 saturated carbocycles. The Balaban J connectivity index is 3.84. The number of quaternary nitrogens is 1. The molecule has 6 heteroatoms. The summed E-state index contributed by atoms with van der Waals surface area (Å²) in [6, 6.07) is 0. The van der Waals surface area contributed by atoms with Gasteiger partial charge in [-0.05, 0) is 12.3 Å². The molecule has 0 spiro atoms. The van der Waals surface area contributed by atoms with Crippen molar-refractivity contribution in [3.63, 3.8) is 0 Å². The van der Waals surface area contributed by atoms with E-state index in [1.54, 1.807) is 0 Å². The number of rotatable bonds is 28. The van der Waals surface area contributed by atoms with Crippen LogP contribution < -0.4 is 0 Å². The Morgan fingerprint density at radius 3 is 1.57 bits per heavy atom. The molecule has 0 bridgehead atoms. The molecule has 0 aliphatic rings. The summed E-state index contributed by atoms with van der Waals surface area (Å²) in [7, 11) is 2.65. The van der Waals surface area contributed by atoms with Crippen molar-refractivity contribution in [2.75, 3.05) is 40.5 Å². The van der Waals surface area contributed by atoms with Crippen molar-refractivity contribution < 1.29 is 23.3 Å². The Kier molecular flexibility index (Phi) is 23.5. The molecule has 0 aliphatic heterocycles. The van der Waals surface area contributed by atoms with E-state index < -0.39 is 7.60 Å². The van der Waals surface area contributed by atoms with E-state index in [2.05, 4.69) is 28.1 Å². The van der Waals surface area contributed by atoms with Crippen molar-refractivity contribution in [3.8, 4) is 0 Å². The van der Waals surface area contributed by atoms with E-state index in [0.717, 1.165) is 23.9 Å². The van der Waals surface area contributed by atoms with Gasteiger partial charge in [0.15, 0.2) is 0 Å². The van der Waals surface area contributed by atoms with Crippen LogP contribution in [0.1, 0.15) is 149 Å². The molecule has 0 saturated heterocycles. The van der Waals surface area contributed by atoms with Crippen molar-refractivity contribution in [1.29, 1.82) is 0 Å². The first kappa shape index (κ1) is 36.8. The van der Waals surface area contributed by atoms with Crippen molar-refractivity contribution in [1.82, 2.24) is 0 Å². The lowest BCUT2D eigenvalue weighted by molar-refractivity contribution is -0.870. The normalized spacial score (nSPS) is 14.5. The zero-order valence-electron chi connectivity index (χ0n) is 25.6. The lowest BCUT2D eigenvalue weighted by Crippen LogP contribution is -2.35. The fraction of sp³-hybridized carbons (Fsp3) is 0.968. The van der Waals surface area contributed by atoms with Crippen LogP contribution in [0.15, 0.2) is 0 Å². The van der Waals surface area contributed by atoms with Crippen LogP contribution in [-0.2, 0) is 13.9 Å². The highest BCUT2D eigenvalue weighted by atomic mass is 31.2. The van der Waals surface area contributed by atoms with E-state index >= 15 is 0 Å². The molecule has 0 aliphatic carbocycles. The van der Waals surface area contributed by atoms with Crippen LogP contribution in [0.5, 0.6) is 0 Å². The largest absolute Gasteiger partial charge is 0.331 e. The summed E-state index contributed by atoms with van der Waals surface area (Å²) in [6.07, 6.45) is 25.7. The summed E-state index contributed by atoms with van der Waals surface area (Å²) in [6.45, 7) is 5.23. The van der Waals surface area contributed by atoms with Gasteiger partial charge in [0.1, 0.15) is 5.78 Å². The van der Waals surface area contributed by atoms with Crippen LogP contribution in [0.25, 0.3) is 0 Å². The summed E-state index contributed by atoms with van der Waals surface area (Å²) >= 11 is 0. The Hall–Kier alpha value is -0.220. The van der Waals surface area contributed by atoms with E-state index in [-0.39, 0.29) is 24.5 Å². The van der Waals surface area contributed by atoms with E-state index in [9.17, 15) is 14.3 Å². The van der Waals surface area contributed by atoms with Crippen molar-refractivity contribution in [3.05, 3.63) is 0 Å². The fourth-order valence-corrected chi connectivity index (χ4v) is 6.01. The minimum absolute atomic E-state index is 0.0580. The minimum atomic E-state index is -3.58. The quantitative estimate of drug-likeness (QED) is 0.0603. The predicted octanol–water partition coefficient (Wildman–Crippen LogP) is 9.31. The van der Waals surface area contributed by atoms with E-state index in [0.29, 0.717) is 19.3 Å². The van der Waals surface area contributed by atoms with Gasteiger partial charge in [-0.2, -0.15) is 0 Å². The second-order valence-electron chi connectivity index (χ2n) is 12.4. The molecule has 0 aromatic rings. The Labute approximate surface area is 231 Å². The summed E-state index contributed by atoms with van der Waals surface area (Å²) < 4.78 is 18.7. The zero-order chi connectivity index (χ0) is 27.8. The van der Waals surface area contributed by atoms with E-state index in [4.69, 9.17) is 4.52 Å². The molecule has 2 atom stereocenters. The van der Waals surface area contributed by atoms with Crippen LogP contribution >= 0.6 is 7.60 Å². The van der Waals surface area contributed by atoms with E-state index in [1.807, 2.05) is 6.92 Å². The van der Waals surface area contributed by atoms with Crippen LogP contribution in [0.3, 0.4) is 0 Å². The monoisotopic (exact) mass is 546 g/mol. The molecule has 0 fully saturated rings. The molecule has 0 aromatic heterocycles. The molecule has 37 heavy (non-hydrogen) atoms. The van der Waals surface area contributed by atoms with Gasteiger partial charge in [0, 0.05) is 19.3 Å². The number of hydrogen-bond acceptors (Lipinski definition) is 3. The molecule has 0 rings (SSSR count). The second-order valence-corrected chi connectivity index (χ2v) is 14.4. The zero-order valence-corrected chi connectivity index (χ0v) is 26.5. The second kappa shape index (κ2) is 23.6. The lowest BCUT2D eigenvalue weighted by atomic mass is 9.95. The smallest absolute Gasteiger partial charge is 0.328 e. The minimum Gasteiger partial charge on any atom is -0.331 e. The molecule has 0 radical (unpaired) electrons. The highest BCUT2D eigenvalue weighted by molar-refractivity contribution is 7.52. The molecule has 0 heterocycles. The highest BCUT2D eigenvalue weighted by Gasteiger charge is 2.23. The maximum atomic E-state index is 12.4. The number of nitrogens with zero attached hydrogens (tertiary/aromatic N) is 1. The molecule has 5 nitrogen and oxygen atoms in total. The molecular formula is C31H65NO4P+. The van der Waals surface area contributed by atoms with Crippen molar-refractivity contribution >= 4 is 13.4 Å². The van der Waals surface area contributed by atoms with Crippen LogP contribution in [0.4, 0.5) is 0 Å². The van der Waals surface area contributed by atoms with Gasteiger partial charge in [-0.1, -0.05) is 123 Å². The predicted molar refractivity (Wildman–Crippen MR) is 160 cm³/mol. The van der Waals surface area contributed by atoms with Gasteiger partial charge < -0.3 is 13.9 Å². The number of Topliss-reactive ketones (excluding diaryl/α,β-unsaturated/α-hetero) is 1.